The van der Waals surface area contributed by atoms with Gasteiger partial charge in [-0.15, -0.1) is 24.0 Å². The zero-order chi connectivity index (χ0) is 12.4. The molecule has 4 heteroatoms. The minimum atomic E-state index is 0. The Kier molecular flexibility index (Phi) is 5.44. The summed E-state index contributed by atoms with van der Waals surface area (Å²) in [6.07, 6.45) is 2.49. The van der Waals surface area contributed by atoms with Crippen LogP contribution in [0.1, 0.15) is 29.5 Å². The van der Waals surface area contributed by atoms with Crippen LogP contribution in [0.5, 0.6) is 0 Å². The van der Waals surface area contributed by atoms with Gasteiger partial charge in [0, 0.05) is 13.1 Å². The molecule has 1 aliphatic rings. The number of benzene rings is 1. The molecule has 0 amide bonds. The molecule has 1 aromatic rings. The highest BCUT2D eigenvalue weighted by Crippen LogP contribution is 2.25. The van der Waals surface area contributed by atoms with E-state index in [4.69, 9.17) is 5.73 Å². The van der Waals surface area contributed by atoms with Crippen molar-refractivity contribution < 1.29 is 0 Å². The molecule has 3 nitrogen and oxygen atoms in total. The smallest absolute Gasteiger partial charge is 0.191 e. The molecule has 100 valence electrons. The average molecular weight is 359 g/mol. The van der Waals surface area contributed by atoms with Crippen molar-refractivity contribution in [1.82, 2.24) is 4.90 Å². The molecule has 0 bridgehead atoms. The lowest BCUT2D eigenvalue weighted by molar-refractivity contribution is 0.487. The Balaban J connectivity index is 0.00000162. The van der Waals surface area contributed by atoms with Crippen molar-refractivity contribution in [3.63, 3.8) is 0 Å². The highest BCUT2D eigenvalue weighted by atomic mass is 127. The van der Waals surface area contributed by atoms with Gasteiger partial charge in [-0.2, -0.15) is 0 Å². The number of hydrogen-bond acceptors (Lipinski definition) is 1. The third kappa shape index (κ3) is 3.86. The van der Waals surface area contributed by atoms with Crippen molar-refractivity contribution in [1.29, 1.82) is 0 Å². The van der Waals surface area contributed by atoms with Crippen LogP contribution in [0.4, 0.5) is 0 Å². The molecule has 1 aliphatic carbocycles. The fourth-order valence-corrected chi connectivity index (χ4v) is 1.95. The first kappa shape index (κ1) is 15.3. The summed E-state index contributed by atoms with van der Waals surface area (Å²) in [7, 11) is 2.03. The lowest BCUT2D eigenvalue weighted by Gasteiger charge is -2.17. The summed E-state index contributed by atoms with van der Waals surface area (Å²) in [5.41, 5.74) is 9.79. The minimum Gasteiger partial charge on any atom is -0.370 e. The molecular weight excluding hydrogens is 337 g/mol. The first-order valence-corrected chi connectivity index (χ1v) is 6.17. The second-order valence-corrected chi connectivity index (χ2v) is 4.95. The average Bonchev–Trinajstić information content (AvgIpc) is 3.10. The van der Waals surface area contributed by atoms with Gasteiger partial charge in [-0.25, -0.2) is 4.99 Å². The molecule has 0 aliphatic heterocycles. The third-order valence-electron chi connectivity index (χ3n) is 3.37. The number of nitrogens with zero attached hydrogens (tertiary/aromatic N) is 2. The maximum atomic E-state index is 5.96. The Morgan fingerprint density at radius 2 is 2.06 bits per heavy atom. The molecule has 0 spiro atoms. The topological polar surface area (TPSA) is 41.6 Å². The van der Waals surface area contributed by atoms with E-state index in [9.17, 15) is 0 Å². The highest BCUT2D eigenvalue weighted by Gasteiger charge is 2.27. The number of rotatable bonds is 3. The van der Waals surface area contributed by atoms with Crippen molar-refractivity contribution in [3.05, 3.63) is 34.9 Å². The molecular formula is C14H22IN3. The molecule has 0 atom stereocenters. The fourth-order valence-electron chi connectivity index (χ4n) is 1.95. The van der Waals surface area contributed by atoms with Gasteiger partial charge in [0.1, 0.15) is 0 Å². The Hall–Kier alpha value is -0.780. The Labute approximate surface area is 126 Å². The second kappa shape index (κ2) is 6.41. The molecule has 18 heavy (non-hydrogen) atoms. The zero-order valence-electron chi connectivity index (χ0n) is 11.3. The Morgan fingerprint density at radius 3 is 2.61 bits per heavy atom. The van der Waals surface area contributed by atoms with Crippen LogP contribution in [-0.2, 0) is 6.54 Å². The largest absolute Gasteiger partial charge is 0.370 e. The number of aryl methyl sites for hydroxylation is 2. The summed E-state index contributed by atoms with van der Waals surface area (Å²) in [4.78, 5) is 6.55. The number of guanidine groups is 1. The van der Waals surface area contributed by atoms with Crippen LogP contribution in [0.2, 0.25) is 0 Å². The van der Waals surface area contributed by atoms with Gasteiger partial charge in [-0.05, 0) is 37.8 Å². The van der Waals surface area contributed by atoms with E-state index in [-0.39, 0.29) is 24.0 Å². The van der Waals surface area contributed by atoms with Gasteiger partial charge in [0.15, 0.2) is 5.96 Å². The van der Waals surface area contributed by atoms with Crippen LogP contribution in [-0.4, -0.2) is 23.9 Å². The van der Waals surface area contributed by atoms with E-state index >= 15 is 0 Å². The second-order valence-electron chi connectivity index (χ2n) is 4.95. The summed E-state index contributed by atoms with van der Waals surface area (Å²) in [5, 5.41) is 0. The van der Waals surface area contributed by atoms with Crippen LogP contribution in [0.25, 0.3) is 0 Å². The molecule has 0 heterocycles. The summed E-state index contributed by atoms with van der Waals surface area (Å²) in [6.45, 7) is 4.91. The first-order valence-electron chi connectivity index (χ1n) is 6.17. The van der Waals surface area contributed by atoms with Crippen molar-refractivity contribution >= 4 is 29.9 Å². The normalized spacial score (nSPS) is 15.2. The third-order valence-corrected chi connectivity index (χ3v) is 3.37. The van der Waals surface area contributed by atoms with E-state index in [1.807, 2.05) is 7.05 Å². The van der Waals surface area contributed by atoms with Gasteiger partial charge in [-0.1, -0.05) is 23.8 Å². The predicted octanol–water partition coefficient (Wildman–Crippen LogP) is 2.83. The molecule has 0 saturated heterocycles. The summed E-state index contributed by atoms with van der Waals surface area (Å²) >= 11 is 0. The van der Waals surface area contributed by atoms with Crippen LogP contribution in [0.3, 0.4) is 0 Å². The van der Waals surface area contributed by atoms with E-state index in [0.717, 1.165) is 0 Å². The molecule has 0 radical (unpaired) electrons. The van der Waals surface area contributed by atoms with Crippen LogP contribution >= 0.6 is 24.0 Å². The Morgan fingerprint density at radius 1 is 1.39 bits per heavy atom. The van der Waals surface area contributed by atoms with Crippen molar-refractivity contribution in [2.45, 2.75) is 39.3 Å². The SMILES string of the molecule is Cc1ccc(CN=C(N)N(C)C2CC2)c(C)c1.I. The minimum absolute atomic E-state index is 0. The van der Waals surface area contributed by atoms with E-state index in [2.05, 4.69) is 41.9 Å². The summed E-state index contributed by atoms with van der Waals surface area (Å²) < 4.78 is 0. The zero-order valence-corrected chi connectivity index (χ0v) is 13.6. The van der Waals surface area contributed by atoms with Gasteiger partial charge in [0.05, 0.1) is 6.54 Å². The van der Waals surface area contributed by atoms with Crippen molar-refractivity contribution in [2.75, 3.05) is 7.05 Å². The number of nitrogens with two attached hydrogens (primary N) is 1. The molecule has 1 saturated carbocycles. The maximum absolute atomic E-state index is 5.96. The molecule has 1 fully saturated rings. The molecule has 2 rings (SSSR count). The van der Waals surface area contributed by atoms with Gasteiger partial charge in [0.25, 0.3) is 0 Å². The van der Waals surface area contributed by atoms with E-state index in [1.165, 1.54) is 29.5 Å². The monoisotopic (exact) mass is 359 g/mol. The first-order chi connectivity index (χ1) is 8.08. The van der Waals surface area contributed by atoms with Gasteiger partial charge < -0.3 is 10.6 Å². The van der Waals surface area contributed by atoms with Crippen molar-refractivity contribution in [3.8, 4) is 0 Å². The van der Waals surface area contributed by atoms with Gasteiger partial charge >= 0.3 is 0 Å². The van der Waals surface area contributed by atoms with Crippen LogP contribution in [0, 0.1) is 13.8 Å². The highest BCUT2D eigenvalue weighted by molar-refractivity contribution is 14.0. The van der Waals surface area contributed by atoms with E-state index < -0.39 is 0 Å². The predicted molar refractivity (Wildman–Crippen MR) is 87.4 cm³/mol. The quantitative estimate of drug-likeness (QED) is 0.512. The van der Waals surface area contributed by atoms with Gasteiger partial charge in [0.2, 0.25) is 0 Å². The number of aliphatic imine (C=N–C) groups is 1. The lowest BCUT2D eigenvalue weighted by atomic mass is 10.1. The van der Waals surface area contributed by atoms with E-state index in [1.54, 1.807) is 0 Å². The standard InChI is InChI=1S/C14H21N3.HI/c1-10-4-5-12(11(2)8-10)9-16-14(15)17(3)13-6-7-13;/h4-5,8,13H,6-7,9H2,1-3H3,(H2,15,16);1H. The molecule has 2 N–H and O–H groups in total. The summed E-state index contributed by atoms with van der Waals surface area (Å²) in [6, 6.07) is 7.07. The van der Waals surface area contributed by atoms with Crippen LogP contribution < -0.4 is 5.73 Å². The maximum Gasteiger partial charge on any atom is 0.191 e. The van der Waals surface area contributed by atoms with Crippen molar-refractivity contribution in [2.24, 2.45) is 10.7 Å². The Bertz CT molecular complexity index is 439. The van der Waals surface area contributed by atoms with Crippen LogP contribution in [0.15, 0.2) is 23.2 Å². The molecule has 0 unspecified atom stereocenters. The molecule has 0 aromatic heterocycles. The lowest BCUT2D eigenvalue weighted by Crippen LogP contribution is -2.35. The van der Waals surface area contributed by atoms with E-state index in [0.29, 0.717) is 18.5 Å². The fraction of sp³-hybridized carbons (Fsp3) is 0.500. The number of hydrogen-bond donors (Lipinski definition) is 1. The molecule has 1 aromatic carbocycles. The summed E-state index contributed by atoms with van der Waals surface area (Å²) in [5.74, 6) is 0.660. The number of halogens is 1. The van der Waals surface area contributed by atoms with Gasteiger partial charge in [-0.3, -0.25) is 0 Å².